The summed E-state index contributed by atoms with van der Waals surface area (Å²) >= 11 is 0. The van der Waals surface area contributed by atoms with Crippen LogP contribution in [0.25, 0.3) is 0 Å². The minimum Gasteiger partial charge on any atom is -0.444 e. The fourth-order valence-corrected chi connectivity index (χ4v) is 5.43. The summed E-state index contributed by atoms with van der Waals surface area (Å²) in [5.41, 5.74) is 1.22. The first kappa shape index (κ1) is 26.6. The molecule has 1 saturated carbocycles. The van der Waals surface area contributed by atoms with Crippen LogP contribution in [-0.4, -0.2) is 46.0 Å². The molecular formula is C29H38N4O4. The number of anilines is 1. The molecule has 1 aromatic carbocycles. The molecule has 2 aliphatic rings. The number of aromatic nitrogens is 1. The molecule has 2 atom stereocenters. The number of pyridine rings is 1. The first-order valence-corrected chi connectivity index (χ1v) is 13.3. The van der Waals surface area contributed by atoms with Gasteiger partial charge in [-0.3, -0.25) is 19.5 Å². The number of rotatable bonds is 6. The van der Waals surface area contributed by atoms with Crippen LogP contribution in [0, 0.1) is 11.8 Å². The number of carbonyl (C=O) groups is 3. The van der Waals surface area contributed by atoms with Gasteiger partial charge in [-0.15, -0.1) is 0 Å². The highest BCUT2D eigenvalue weighted by atomic mass is 16.6. The summed E-state index contributed by atoms with van der Waals surface area (Å²) < 4.78 is 5.64. The predicted octanol–water partition coefficient (Wildman–Crippen LogP) is 5.16. The number of likely N-dealkylation sites (tertiary alicyclic amines) is 1. The number of hydrogen-bond acceptors (Lipinski definition) is 5. The number of amides is 3. The Kier molecular flexibility index (Phi) is 8.46. The summed E-state index contributed by atoms with van der Waals surface area (Å²) in [6, 6.07) is 11.8. The van der Waals surface area contributed by atoms with Gasteiger partial charge in [0.1, 0.15) is 11.6 Å². The van der Waals surface area contributed by atoms with Gasteiger partial charge in [0.2, 0.25) is 5.91 Å². The van der Waals surface area contributed by atoms with E-state index in [-0.39, 0.29) is 17.7 Å². The van der Waals surface area contributed by atoms with E-state index < -0.39 is 17.7 Å². The Morgan fingerprint density at radius 3 is 2.38 bits per heavy atom. The Morgan fingerprint density at radius 2 is 1.73 bits per heavy atom. The number of benzene rings is 1. The SMILES string of the molecule is CC(C)(C)OC(=O)N1CC[C@@H](C2CCCCC2)[C@H]1C(=O)Nc1ccc(C(=O)NCc2ccccn2)cc1. The van der Waals surface area contributed by atoms with Crippen LogP contribution in [0.5, 0.6) is 0 Å². The Bertz CT molecular complexity index is 1080. The Labute approximate surface area is 219 Å². The molecule has 1 aromatic heterocycles. The molecule has 37 heavy (non-hydrogen) atoms. The molecule has 0 radical (unpaired) electrons. The lowest BCUT2D eigenvalue weighted by molar-refractivity contribution is -0.122. The molecule has 0 unspecified atom stereocenters. The van der Waals surface area contributed by atoms with Crippen LogP contribution >= 0.6 is 0 Å². The second-order valence-electron chi connectivity index (χ2n) is 11.0. The summed E-state index contributed by atoms with van der Waals surface area (Å²) in [4.78, 5) is 44.9. The molecule has 0 bridgehead atoms. The van der Waals surface area contributed by atoms with Crippen LogP contribution in [-0.2, 0) is 16.1 Å². The van der Waals surface area contributed by atoms with Gasteiger partial charge in [0, 0.05) is 24.0 Å². The summed E-state index contributed by atoms with van der Waals surface area (Å²) in [6.07, 6.45) is 7.82. The molecule has 8 nitrogen and oxygen atoms in total. The van der Waals surface area contributed by atoms with Crippen molar-refractivity contribution in [1.82, 2.24) is 15.2 Å². The maximum atomic E-state index is 13.6. The molecule has 1 aliphatic heterocycles. The lowest BCUT2D eigenvalue weighted by Crippen LogP contribution is -2.49. The van der Waals surface area contributed by atoms with Crippen molar-refractivity contribution >= 4 is 23.6 Å². The molecular weight excluding hydrogens is 468 g/mol. The lowest BCUT2D eigenvalue weighted by Gasteiger charge is -2.34. The average Bonchev–Trinajstić information content (AvgIpc) is 3.34. The summed E-state index contributed by atoms with van der Waals surface area (Å²) in [5, 5.41) is 5.85. The van der Waals surface area contributed by atoms with E-state index in [1.165, 1.54) is 19.3 Å². The maximum absolute atomic E-state index is 13.6. The topological polar surface area (TPSA) is 101 Å². The van der Waals surface area contributed by atoms with Gasteiger partial charge in [-0.1, -0.05) is 38.2 Å². The largest absolute Gasteiger partial charge is 0.444 e. The van der Waals surface area contributed by atoms with Gasteiger partial charge >= 0.3 is 6.09 Å². The molecule has 2 aromatic rings. The van der Waals surface area contributed by atoms with E-state index in [9.17, 15) is 14.4 Å². The zero-order valence-corrected chi connectivity index (χ0v) is 22.0. The Morgan fingerprint density at radius 1 is 1.00 bits per heavy atom. The number of nitrogens with one attached hydrogen (secondary N) is 2. The second kappa shape index (κ2) is 11.8. The third-order valence-electron chi connectivity index (χ3n) is 7.17. The predicted molar refractivity (Wildman–Crippen MR) is 142 cm³/mol. The zero-order chi connectivity index (χ0) is 26.4. The third-order valence-corrected chi connectivity index (χ3v) is 7.17. The summed E-state index contributed by atoms with van der Waals surface area (Å²) in [5.74, 6) is 0.130. The van der Waals surface area contributed by atoms with Crippen molar-refractivity contribution in [2.45, 2.75) is 77.5 Å². The van der Waals surface area contributed by atoms with E-state index in [2.05, 4.69) is 15.6 Å². The van der Waals surface area contributed by atoms with Gasteiger partial charge in [-0.2, -0.15) is 0 Å². The van der Waals surface area contributed by atoms with E-state index in [1.807, 2.05) is 39.0 Å². The van der Waals surface area contributed by atoms with Crippen molar-refractivity contribution in [3.05, 3.63) is 59.9 Å². The monoisotopic (exact) mass is 506 g/mol. The molecule has 198 valence electrons. The first-order chi connectivity index (χ1) is 17.7. The number of hydrogen-bond donors (Lipinski definition) is 2. The van der Waals surface area contributed by atoms with Crippen LogP contribution in [0.15, 0.2) is 48.7 Å². The Hall–Kier alpha value is -3.42. The van der Waals surface area contributed by atoms with Gasteiger partial charge in [0.25, 0.3) is 5.91 Å². The highest BCUT2D eigenvalue weighted by Gasteiger charge is 2.46. The standard InChI is InChI=1S/C29H38N4O4/c1-29(2,3)37-28(36)33-18-16-24(20-9-5-4-6-10-20)25(33)27(35)32-22-14-12-21(13-15-22)26(34)31-19-23-11-7-8-17-30-23/h7-8,11-15,17,20,24-25H,4-6,9-10,16,18-19H2,1-3H3,(H,31,34)(H,32,35)/t24-,25-/m0/s1. The molecule has 8 heteroatoms. The van der Waals surface area contributed by atoms with E-state index >= 15 is 0 Å². The van der Waals surface area contributed by atoms with E-state index in [4.69, 9.17) is 4.74 Å². The molecule has 0 spiro atoms. The van der Waals surface area contributed by atoms with Crippen molar-refractivity contribution in [2.75, 3.05) is 11.9 Å². The Balaban J connectivity index is 1.43. The van der Waals surface area contributed by atoms with Crippen LogP contribution in [0.2, 0.25) is 0 Å². The normalized spacial score (nSPS) is 20.4. The van der Waals surface area contributed by atoms with Crippen molar-refractivity contribution in [2.24, 2.45) is 11.8 Å². The van der Waals surface area contributed by atoms with E-state index in [1.54, 1.807) is 35.4 Å². The molecule has 2 N–H and O–H groups in total. The molecule has 1 saturated heterocycles. The highest BCUT2D eigenvalue weighted by Crippen LogP contribution is 2.39. The zero-order valence-electron chi connectivity index (χ0n) is 22.0. The van der Waals surface area contributed by atoms with Crippen molar-refractivity contribution in [3.63, 3.8) is 0 Å². The van der Waals surface area contributed by atoms with Crippen molar-refractivity contribution in [1.29, 1.82) is 0 Å². The number of nitrogens with zero attached hydrogens (tertiary/aromatic N) is 2. The van der Waals surface area contributed by atoms with Crippen LogP contribution in [0.3, 0.4) is 0 Å². The van der Waals surface area contributed by atoms with Crippen LogP contribution in [0.1, 0.15) is 75.3 Å². The second-order valence-corrected chi connectivity index (χ2v) is 11.0. The third kappa shape index (κ3) is 7.08. The number of carbonyl (C=O) groups excluding carboxylic acids is 3. The lowest BCUT2D eigenvalue weighted by atomic mass is 9.76. The van der Waals surface area contributed by atoms with Gasteiger partial charge in [-0.25, -0.2) is 4.79 Å². The summed E-state index contributed by atoms with van der Waals surface area (Å²) in [6.45, 7) is 6.36. The van der Waals surface area contributed by atoms with E-state index in [0.29, 0.717) is 30.3 Å². The smallest absolute Gasteiger partial charge is 0.410 e. The van der Waals surface area contributed by atoms with Gasteiger partial charge in [0.15, 0.2) is 0 Å². The fourth-order valence-electron chi connectivity index (χ4n) is 5.43. The fraction of sp³-hybridized carbons (Fsp3) is 0.517. The minimum absolute atomic E-state index is 0.115. The van der Waals surface area contributed by atoms with Crippen molar-refractivity contribution in [3.8, 4) is 0 Å². The molecule has 4 rings (SSSR count). The van der Waals surface area contributed by atoms with Gasteiger partial charge < -0.3 is 15.4 Å². The van der Waals surface area contributed by atoms with E-state index in [0.717, 1.165) is 25.0 Å². The van der Waals surface area contributed by atoms with Gasteiger partial charge in [-0.05, 0) is 75.4 Å². The molecule has 1 aliphatic carbocycles. The minimum atomic E-state index is -0.631. The quantitative estimate of drug-likeness (QED) is 0.564. The first-order valence-electron chi connectivity index (χ1n) is 13.3. The molecule has 2 heterocycles. The van der Waals surface area contributed by atoms with Crippen molar-refractivity contribution < 1.29 is 19.1 Å². The molecule has 3 amide bonds. The molecule has 2 fully saturated rings. The highest BCUT2D eigenvalue weighted by molar-refractivity contribution is 5.98. The van der Waals surface area contributed by atoms with Crippen LogP contribution < -0.4 is 10.6 Å². The number of ether oxygens (including phenoxy) is 1. The van der Waals surface area contributed by atoms with Crippen LogP contribution in [0.4, 0.5) is 10.5 Å². The average molecular weight is 507 g/mol. The van der Waals surface area contributed by atoms with Gasteiger partial charge in [0.05, 0.1) is 12.2 Å². The summed E-state index contributed by atoms with van der Waals surface area (Å²) in [7, 11) is 0. The maximum Gasteiger partial charge on any atom is 0.410 e.